The van der Waals surface area contributed by atoms with Gasteiger partial charge in [0.25, 0.3) is 0 Å². The molecule has 0 aromatic rings. The molecule has 0 rings (SSSR count). The molecule has 0 aliphatic carbocycles. The van der Waals surface area contributed by atoms with Crippen molar-refractivity contribution in [3.05, 3.63) is 0 Å². The highest BCUT2D eigenvalue weighted by Gasteiger charge is 1.93. The fourth-order valence-electron chi connectivity index (χ4n) is 0.697. The number of rotatable bonds is 5. The summed E-state index contributed by atoms with van der Waals surface area (Å²) in [6, 6.07) is 0. The van der Waals surface area contributed by atoms with E-state index in [0.29, 0.717) is 4.83 Å². The molecule has 0 N–H and O–H groups in total. The van der Waals surface area contributed by atoms with Gasteiger partial charge in [-0.3, -0.25) is 0 Å². The van der Waals surface area contributed by atoms with Crippen LogP contribution in [0.15, 0.2) is 0 Å². The molecule has 0 fully saturated rings. The van der Waals surface area contributed by atoms with Crippen molar-refractivity contribution in [2.75, 3.05) is 5.33 Å². The second kappa shape index (κ2) is 7.07. The summed E-state index contributed by atoms with van der Waals surface area (Å²) in [5.74, 6) is 0. The first-order chi connectivity index (χ1) is 4.27. The minimum absolute atomic E-state index is 0.702. The zero-order valence-electron chi connectivity index (χ0n) is 5.87. The van der Waals surface area contributed by atoms with Crippen molar-refractivity contribution >= 4 is 31.9 Å². The summed E-state index contributed by atoms with van der Waals surface area (Å²) in [5.41, 5.74) is 0. The molecule has 0 aromatic carbocycles. The predicted octanol–water partition coefficient (Wildman–Crippen LogP) is 3.73. The SMILES string of the molecule is C[C@H](Br)CCCCCBr. The molecule has 0 amide bonds. The van der Waals surface area contributed by atoms with Crippen LogP contribution in [0.3, 0.4) is 0 Å². The monoisotopic (exact) mass is 256 g/mol. The van der Waals surface area contributed by atoms with Gasteiger partial charge in [-0.2, -0.15) is 0 Å². The summed E-state index contributed by atoms with van der Waals surface area (Å²) >= 11 is 6.92. The maximum atomic E-state index is 3.51. The number of halogens is 2. The molecule has 0 aliphatic rings. The van der Waals surface area contributed by atoms with Gasteiger partial charge in [0.05, 0.1) is 0 Å². The van der Waals surface area contributed by atoms with E-state index in [-0.39, 0.29) is 0 Å². The average Bonchev–Trinajstić information content (AvgIpc) is 1.80. The first-order valence-corrected chi connectivity index (χ1v) is 5.51. The second-order valence-electron chi connectivity index (χ2n) is 2.32. The largest absolute Gasteiger partial charge is 0.0928 e. The first-order valence-electron chi connectivity index (χ1n) is 3.47. The van der Waals surface area contributed by atoms with E-state index in [1.165, 1.54) is 25.7 Å². The third kappa shape index (κ3) is 8.96. The van der Waals surface area contributed by atoms with E-state index in [9.17, 15) is 0 Å². The maximum absolute atomic E-state index is 3.51. The molecule has 1 atom stereocenters. The molecule has 0 aliphatic heterocycles. The van der Waals surface area contributed by atoms with Gasteiger partial charge < -0.3 is 0 Å². The fourth-order valence-corrected chi connectivity index (χ4v) is 1.42. The lowest BCUT2D eigenvalue weighted by Gasteiger charge is -2.00. The first kappa shape index (κ1) is 9.96. The van der Waals surface area contributed by atoms with Crippen LogP contribution in [-0.4, -0.2) is 10.2 Å². The van der Waals surface area contributed by atoms with Crippen LogP contribution < -0.4 is 0 Å². The van der Waals surface area contributed by atoms with Gasteiger partial charge >= 0.3 is 0 Å². The topological polar surface area (TPSA) is 0 Å². The molecular formula is C7H14Br2. The Labute approximate surface area is 74.7 Å². The van der Waals surface area contributed by atoms with Crippen molar-refractivity contribution in [1.29, 1.82) is 0 Å². The Morgan fingerprint density at radius 3 is 2.33 bits per heavy atom. The summed E-state index contributed by atoms with van der Waals surface area (Å²) in [4.78, 5) is 0.702. The zero-order chi connectivity index (χ0) is 7.11. The van der Waals surface area contributed by atoms with Gasteiger partial charge in [0.2, 0.25) is 0 Å². The van der Waals surface area contributed by atoms with E-state index in [0.717, 1.165) is 5.33 Å². The van der Waals surface area contributed by atoms with Crippen molar-refractivity contribution in [2.24, 2.45) is 0 Å². The van der Waals surface area contributed by atoms with Crippen molar-refractivity contribution < 1.29 is 0 Å². The van der Waals surface area contributed by atoms with Gasteiger partial charge in [-0.1, -0.05) is 51.6 Å². The van der Waals surface area contributed by atoms with Crippen LogP contribution in [0.4, 0.5) is 0 Å². The van der Waals surface area contributed by atoms with Gasteiger partial charge in [-0.25, -0.2) is 0 Å². The van der Waals surface area contributed by atoms with Crippen LogP contribution in [-0.2, 0) is 0 Å². The van der Waals surface area contributed by atoms with Crippen LogP contribution in [0, 0.1) is 0 Å². The number of unbranched alkanes of at least 4 members (excludes halogenated alkanes) is 2. The van der Waals surface area contributed by atoms with Crippen molar-refractivity contribution in [3.8, 4) is 0 Å². The molecule has 0 unspecified atom stereocenters. The Morgan fingerprint density at radius 1 is 1.22 bits per heavy atom. The summed E-state index contributed by atoms with van der Waals surface area (Å²) in [6.07, 6.45) is 5.35. The Hall–Kier alpha value is 0.960. The minimum atomic E-state index is 0.702. The summed E-state index contributed by atoms with van der Waals surface area (Å²) < 4.78 is 0. The van der Waals surface area contributed by atoms with Crippen LogP contribution in [0.2, 0.25) is 0 Å². The molecule has 2 heteroatoms. The maximum Gasteiger partial charge on any atom is 0.0117 e. The zero-order valence-corrected chi connectivity index (χ0v) is 9.04. The Balaban J connectivity index is 2.75. The summed E-state index contributed by atoms with van der Waals surface area (Å²) in [7, 11) is 0. The molecule has 0 aromatic heterocycles. The van der Waals surface area contributed by atoms with Crippen LogP contribution in [0.5, 0.6) is 0 Å². The lowest BCUT2D eigenvalue weighted by atomic mass is 10.2. The van der Waals surface area contributed by atoms with Crippen LogP contribution in [0.1, 0.15) is 32.6 Å². The smallest absolute Gasteiger partial charge is 0.0117 e. The van der Waals surface area contributed by atoms with E-state index in [2.05, 4.69) is 38.8 Å². The van der Waals surface area contributed by atoms with Gasteiger partial charge in [-0.05, 0) is 12.8 Å². The molecule has 0 radical (unpaired) electrons. The van der Waals surface area contributed by atoms with E-state index in [1.807, 2.05) is 0 Å². The van der Waals surface area contributed by atoms with Gasteiger partial charge in [0.15, 0.2) is 0 Å². The Kier molecular flexibility index (Phi) is 7.83. The molecule has 0 saturated carbocycles. The van der Waals surface area contributed by atoms with Crippen molar-refractivity contribution in [1.82, 2.24) is 0 Å². The summed E-state index contributed by atoms with van der Waals surface area (Å²) in [5, 5.41) is 1.16. The van der Waals surface area contributed by atoms with Gasteiger partial charge in [0, 0.05) is 10.2 Å². The van der Waals surface area contributed by atoms with E-state index in [4.69, 9.17) is 0 Å². The molecule has 0 spiro atoms. The third-order valence-corrected chi connectivity index (χ3v) is 2.25. The minimum Gasteiger partial charge on any atom is -0.0928 e. The second-order valence-corrected chi connectivity index (χ2v) is 4.68. The average molecular weight is 258 g/mol. The molecule has 56 valence electrons. The normalized spacial score (nSPS) is 13.7. The van der Waals surface area contributed by atoms with Gasteiger partial charge in [0.1, 0.15) is 0 Å². The standard InChI is InChI=1S/C7H14Br2/c1-7(9)5-3-2-4-6-8/h7H,2-6H2,1H3/t7-/m0/s1. The fraction of sp³-hybridized carbons (Fsp3) is 1.00. The molecule has 0 bridgehead atoms. The van der Waals surface area contributed by atoms with E-state index in [1.54, 1.807) is 0 Å². The Morgan fingerprint density at radius 2 is 1.89 bits per heavy atom. The van der Waals surface area contributed by atoms with Gasteiger partial charge in [-0.15, -0.1) is 0 Å². The van der Waals surface area contributed by atoms with E-state index >= 15 is 0 Å². The van der Waals surface area contributed by atoms with E-state index < -0.39 is 0 Å². The van der Waals surface area contributed by atoms with Crippen LogP contribution in [0.25, 0.3) is 0 Å². The lowest BCUT2D eigenvalue weighted by Crippen LogP contribution is -1.89. The highest BCUT2D eigenvalue weighted by molar-refractivity contribution is 9.09. The highest BCUT2D eigenvalue weighted by Crippen LogP contribution is 2.09. The number of hydrogen-bond donors (Lipinski definition) is 0. The Bertz CT molecular complexity index is 52.9. The quantitative estimate of drug-likeness (QED) is 0.520. The third-order valence-electron chi connectivity index (χ3n) is 1.24. The molecule has 0 heterocycles. The van der Waals surface area contributed by atoms with Crippen LogP contribution >= 0.6 is 31.9 Å². The van der Waals surface area contributed by atoms with Crippen molar-refractivity contribution in [2.45, 2.75) is 37.4 Å². The lowest BCUT2D eigenvalue weighted by molar-refractivity contribution is 0.673. The molecular weight excluding hydrogens is 244 g/mol. The number of alkyl halides is 2. The summed E-state index contributed by atoms with van der Waals surface area (Å²) in [6.45, 7) is 2.20. The van der Waals surface area contributed by atoms with Crippen molar-refractivity contribution in [3.63, 3.8) is 0 Å². The predicted molar refractivity (Wildman–Crippen MR) is 50.7 cm³/mol. The highest BCUT2D eigenvalue weighted by atomic mass is 79.9. The molecule has 0 saturated heterocycles. The molecule has 9 heavy (non-hydrogen) atoms. The number of hydrogen-bond acceptors (Lipinski definition) is 0. The molecule has 0 nitrogen and oxygen atoms in total.